The van der Waals surface area contributed by atoms with Crippen LogP contribution in [-0.4, -0.2) is 90.4 Å². The Kier molecular flexibility index (Phi) is 11.6. The van der Waals surface area contributed by atoms with Crippen LogP contribution in [0.2, 0.25) is 0 Å². The number of rotatable bonds is 13. The number of thiazole rings is 1. The van der Waals surface area contributed by atoms with Gasteiger partial charge in [-0.05, 0) is 23.5 Å². The van der Waals surface area contributed by atoms with E-state index < -0.39 is 35.4 Å². The van der Waals surface area contributed by atoms with Gasteiger partial charge >= 0.3 is 0 Å². The first-order valence-electron chi connectivity index (χ1n) is 13.4. The van der Waals surface area contributed by atoms with E-state index in [1.807, 2.05) is 57.5 Å². The number of aromatic nitrogens is 1. The summed E-state index contributed by atoms with van der Waals surface area (Å²) in [5.74, 6) is -1.23. The number of nitrogens with zero attached hydrogens (tertiary/aromatic N) is 2. The van der Waals surface area contributed by atoms with Gasteiger partial charge in [-0.15, -0.1) is 11.3 Å². The van der Waals surface area contributed by atoms with Crippen LogP contribution in [0.15, 0.2) is 29.8 Å². The zero-order valence-corrected chi connectivity index (χ0v) is 24.5. The number of carbonyl (C=O) groups excluding carboxylic acids is 3. The molecule has 0 aliphatic carbocycles. The summed E-state index contributed by atoms with van der Waals surface area (Å²) in [6.07, 6.45) is -0.715. The number of ether oxygens (including phenoxy) is 2. The molecule has 1 aromatic heterocycles. The third kappa shape index (κ3) is 8.80. The predicted octanol–water partition coefficient (Wildman–Crippen LogP) is 1.22. The number of nitrogens with one attached hydrogen (secondary N) is 2. The standard InChI is InChI=1S/C28H41N5O6S/c1-18-24(40-17-31-18)20-7-5-19(6-8-20)14-30-26(36)22-13-21(34)15-33(22)27(37)25(28(2,3)4)32-23(35)16-39-12-11-38-10-9-29/h5-8,17,21-22,25,34H,9-16,29H2,1-4H3,(H,30,36)(H,32,35)/t21-,22?,25?/m1/s1. The lowest BCUT2D eigenvalue weighted by Crippen LogP contribution is -2.58. The van der Waals surface area contributed by atoms with Crippen LogP contribution in [0.1, 0.15) is 38.4 Å². The van der Waals surface area contributed by atoms with Crippen LogP contribution in [0.5, 0.6) is 0 Å². The fraction of sp³-hybridized carbons (Fsp3) is 0.571. The second-order valence-electron chi connectivity index (χ2n) is 10.9. The number of aliphatic hydroxyl groups is 1. The molecule has 11 nitrogen and oxygen atoms in total. The quantitative estimate of drug-likeness (QED) is 0.260. The lowest BCUT2D eigenvalue weighted by atomic mass is 9.85. The predicted molar refractivity (Wildman–Crippen MR) is 152 cm³/mol. The maximum absolute atomic E-state index is 13.6. The van der Waals surface area contributed by atoms with Crippen LogP contribution in [0.3, 0.4) is 0 Å². The van der Waals surface area contributed by atoms with Gasteiger partial charge in [-0.2, -0.15) is 0 Å². The Labute approximate surface area is 239 Å². The van der Waals surface area contributed by atoms with E-state index in [4.69, 9.17) is 15.2 Å². The summed E-state index contributed by atoms with van der Waals surface area (Å²) in [5, 5.41) is 16.0. The minimum Gasteiger partial charge on any atom is -0.391 e. The average Bonchev–Trinajstić information content (AvgIpc) is 3.52. The summed E-state index contributed by atoms with van der Waals surface area (Å²) in [4.78, 5) is 46.1. The Balaban J connectivity index is 1.59. The second-order valence-corrected chi connectivity index (χ2v) is 11.8. The minimum atomic E-state index is -0.916. The third-order valence-corrected chi connectivity index (χ3v) is 7.56. The van der Waals surface area contributed by atoms with E-state index in [1.165, 1.54) is 4.90 Å². The van der Waals surface area contributed by atoms with Crippen molar-refractivity contribution in [3.8, 4) is 10.4 Å². The molecule has 2 unspecified atom stereocenters. The summed E-state index contributed by atoms with van der Waals surface area (Å²) in [6, 6.07) is 6.10. The van der Waals surface area contributed by atoms with E-state index >= 15 is 0 Å². The van der Waals surface area contributed by atoms with Crippen molar-refractivity contribution < 1.29 is 29.0 Å². The monoisotopic (exact) mass is 575 g/mol. The normalized spacial score (nSPS) is 18.0. The van der Waals surface area contributed by atoms with Crippen molar-refractivity contribution in [2.24, 2.45) is 11.1 Å². The summed E-state index contributed by atoms with van der Waals surface area (Å²) in [7, 11) is 0. The fourth-order valence-corrected chi connectivity index (χ4v) is 5.26. The van der Waals surface area contributed by atoms with Crippen molar-refractivity contribution in [2.75, 3.05) is 39.5 Å². The number of hydrogen-bond acceptors (Lipinski definition) is 9. The maximum atomic E-state index is 13.6. The minimum absolute atomic E-state index is 0.0112. The van der Waals surface area contributed by atoms with Crippen molar-refractivity contribution in [2.45, 2.75) is 58.8 Å². The second kappa shape index (κ2) is 14.6. The van der Waals surface area contributed by atoms with Crippen LogP contribution in [0.25, 0.3) is 10.4 Å². The Bertz CT molecular complexity index is 1130. The van der Waals surface area contributed by atoms with Crippen molar-refractivity contribution >= 4 is 29.1 Å². The van der Waals surface area contributed by atoms with Crippen molar-refractivity contribution in [3.63, 3.8) is 0 Å². The Hall–Kier alpha value is -2.90. The molecule has 0 saturated carbocycles. The lowest BCUT2D eigenvalue weighted by Gasteiger charge is -2.35. The van der Waals surface area contributed by atoms with Gasteiger partial charge in [0.25, 0.3) is 0 Å². The highest BCUT2D eigenvalue weighted by Crippen LogP contribution is 2.28. The molecule has 40 heavy (non-hydrogen) atoms. The zero-order valence-electron chi connectivity index (χ0n) is 23.6. The summed E-state index contributed by atoms with van der Waals surface area (Å²) < 4.78 is 10.6. The first-order valence-corrected chi connectivity index (χ1v) is 14.3. The van der Waals surface area contributed by atoms with Crippen LogP contribution >= 0.6 is 11.3 Å². The molecule has 220 valence electrons. The Morgan fingerprint density at radius 1 is 1.18 bits per heavy atom. The van der Waals surface area contributed by atoms with E-state index in [-0.39, 0.29) is 38.6 Å². The van der Waals surface area contributed by atoms with E-state index in [2.05, 4.69) is 15.6 Å². The van der Waals surface area contributed by atoms with Gasteiger partial charge in [0.15, 0.2) is 0 Å². The van der Waals surface area contributed by atoms with Gasteiger partial charge in [0.05, 0.1) is 42.0 Å². The molecule has 12 heteroatoms. The molecule has 3 atom stereocenters. The van der Waals surface area contributed by atoms with Crippen molar-refractivity contribution in [3.05, 3.63) is 41.0 Å². The van der Waals surface area contributed by atoms with E-state index in [0.29, 0.717) is 19.8 Å². The molecular weight excluding hydrogens is 534 g/mol. The van der Waals surface area contributed by atoms with Crippen LogP contribution in [0, 0.1) is 12.3 Å². The summed E-state index contributed by atoms with van der Waals surface area (Å²) >= 11 is 1.58. The average molecular weight is 576 g/mol. The maximum Gasteiger partial charge on any atom is 0.246 e. The first-order chi connectivity index (χ1) is 19.0. The van der Waals surface area contributed by atoms with Gasteiger partial charge < -0.3 is 35.8 Å². The van der Waals surface area contributed by atoms with Gasteiger partial charge in [-0.25, -0.2) is 4.98 Å². The van der Waals surface area contributed by atoms with Gasteiger partial charge in [-0.1, -0.05) is 45.0 Å². The smallest absolute Gasteiger partial charge is 0.246 e. The molecule has 1 aliphatic heterocycles. The highest BCUT2D eigenvalue weighted by atomic mass is 32.1. The first kappa shape index (κ1) is 31.6. The summed E-state index contributed by atoms with van der Waals surface area (Å²) in [5.41, 5.74) is 9.47. The Morgan fingerprint density at radius 3 is 2.50 bits per heavy atom. The number of hydrogen-bond donors (Lipinski definition) is 4. The van der Waals surface area contributed by atoms with Gasteiger partial charge in [-0.3, -0.25) is 14.4 Å². The van der Waals surface area contributed by atoms with Gasteiger partial charge in [0.1, 0.15) is 18.7 Å². The fourth-order valence-electron chi connectivity index (χ4n) is 4.45. The molecule has 0 radical (unpaired) electrons. The number of nitrogens with two attached hydrogens (primary N) is 1. The van der Waals surface area contributed by atoms with Crippen LogP contribution in [0.4, 0.5) is 0 Å². The number of likely N-dealkylation sites (tertiary alicyclic amines) is 1. The highest BCUT2D eigenvalue weighted by Gasteiger charge is 2.44. The van der Waals surface area contributed by atoms with E-state index in [9.17, 15) is 19.5 Å². The number of carbonyl (C=O) groups is 3. The SMILES string of the molecule is Cc1ncsc1-c1ccc(CNC(=O)C2C[C@@H](O)CN2C(=O)C(NC(=O)COCCOCCN)C(C)(C)C)cc1. The van der Waals surface area contributed by atoms with E-state index in [0.717, 1.165) is 21.7 Å². The highest BCUT2D eigenvalue weighted by molar-refractivity contribution is 7.13. The number of amides is 3. The molecule has 5 N–H and O–H groups in total. The number of aliphatic hydroxyl groups excluding tert-OH is 1. The number of β-amino-alcohol motifs (C(OH)–C–C–N with tert-alkyl or cyclic N) is 1. The van der Waals surface area contributed by atoms with Gasteiger partial charge in [0.2, 0.25) is 17.7 Å². The third-order valence-electron chi connectivity index (χ3n) is 6.58. The largest absolute Gasteiger partial charge is 0.391 e. The van der Waals surface area contributed by atoms with Gasteiger partial charge in [0, 0.05) is 26.1 Å². The molecule has 1 saturated heterocycles. The number of aryl methyl sites for hydroxylation is 1. The Morgan fingerprint density at radius 2 is 1.88 bits per heavy atom. The van der Waals surface area contributed by atoms with Crippen LogP contribution in [-0.2, 0) is 30.4 Å². The topological polar surface area (TPSA) is 156 Å². The molecule has 3 rings (SSSR count). The zero-order chi connectivity index (χ0) is 29.3. The molecule has 1 aliphatic rings. The lowest BCUT2D eigenvalue weighted by molar-refractivity contribution is -0.144. The molecule has 2 aromatic rings. The van der Waals surface area contributed by atoms with Crippen LogP contribution < -0.4 is 16.4 Å². The molecule has 2 heterocycles. The van der Waals surface area contributed by atoms with E-state index in [1.54, 1.807) is 11.3 Å². The molecule has 1 aromatic carbocycles. The summed E-state index contributed by atoms with van der Waals surface area (Å²) in [6.45, 7) is 8.85. The van der Waals surface area contributed by atoms with Crippen molar-refractivity contribution in [1.82, 2.24) is 20.5 Å². The molecule has 0 bridgehead atoms. The van der Waals surface area contributed by atoms with Crippen molar-refractivity contribution in [1.29, 1.82) is 0 Å². The molecule has 0 spiro atoms. The molecule has 3 amide bonds. The molecule has 1 fully saturated rings. The molecular formula is C28H41N5O6S. The number of benzene rings is 1.